The van der Waals surface area contributed by atoms with E-state index in [9.17, 15) is 14.4 Å². The van der Waals surface area contributed by atoms with Gasteiger partial charge in [-0.3, -0.25) is 19.4 Å². The number of H-pyrrole nitrogens is 2. The van der Waals surface area contributed by atoms with E-state index in [0.717, 1.165) is 19.5 Å². The van der Waals surface area contributed by atoms with Crippen molar-refractivity contribution in [3.63, 3.8) is 0 Å². The third kappa shape index (κ3) is 3.68. The quantitative estimate of drug-likeness (QED) is 0.672. The number of hydrogen-bond acceptors (Lipinski definition) is 4. The summed E-state index contributed by atoms with van der Waals surface area (Å²) in [6.45, 7) is 1.54. The van der Waals surface area contributed by atoms with Gasteiger partial charge in [0.05, 0.1) is 5.69 Å². The molecule has 1 aliphatic rings. The molecule has 1 amide bonds. The average Bonchev–Trinajstić information content (AvgIpc) is 2.65. The lowest BCUT2D eigenvalue weighted by atomic mass is 10.1. The van der Waals surface area contributed by atoms with Gasteiger partial charge in [-0.05, 0) is 48.4 Å². The first-order valence-corrected chi connectivity index (χ1v) is 8.96. The molecule has 2 N–H and O–H groups in total. The number of hydrogen-bond donors (Lipinski definition) is 2. The Kier molecular flexibility index (Phi) is 4.72. The summed E-state index contributed by atoms with van der Waals surface area (Å²) in [7, 11) is 0. The van der Waals surface area contributed by atoms with E-state index in [1.807, 2.05) is 0 Å². The Morgan fingerprint density at radius 1 is 0.964 bits per heavy atom. The molecular formula is C21H18N4O3. The van der Waals surface area contributed by atoms with Gasteiger partial charge in [0.25, 0.3) is 17.0 Å². The molecule has 1 saturated heterocycles. The van der Waals surface area contributed by atoms with Crippen LogP contribution in [0.3, 0.4) is 0 Å². The first-order valence-electron chi connectivity index (χ1n) is 8.96. The molecule has 7 nitrogen and oxygen atoms in total. The van der Waals surface area contributed by atoms with E-state index in [4.69, 9.17) is 0 Å². The molecule has 0 unspecified atom stereocenters. The number of likely N-dealkylation sites (tertiary alicyclic amines) is 1. The predicted octanol–water partition coefficient (Wildman–Crippen LogP) is -0.0383. The molecule has 3 aromatic rings. The van der Waals surface area contributed by atoms with E-state index in [2.05, 4.69) is 15.0 Å². The summed E-state index contributed by atoms with van der Waals surface area (Å²) in [5.74, 6) is -0.0239. The van der Waals surface area contributed by atoms with Crippen molar-refractivity contribution in [3.05, 3.63) is 96.9 Å². The van der Waals surface area contributed by atoms with E-state index in [-0.39, 0.29) is 16.6 Å². The van der Waals surface area contributed by atoms with Crippen LogP contribution in [0.2, 0.25) is 0 Å². The van der Waals surface area contributed by atoms with Crippen molar-refractivity contribution >= 4 is 18.1 Å². The average molecular weight is 374 g/mol. The topological polar surface area (TPSA) is 98.9 Å². The Balaban J connectivity index is 1.72. The van der Waals surface area contributed by atoms with E-state index in [1.165, 1.54) is 6.08 Å². The first-order chi connectivity index (χ1) is 13.6. The highest BCUT2D eigenvalue weighted by Gasteiger charge is 2.21. The predicted molar refractivity (Wildman–Crippen MR) is 105 cm³/mol. The highest BCUT2D eigenvalue weighted by molar-refractivity contribution is 5.95. The molecule has 4 rings (SSSR count). The van der Waals surface area contributed by atoms with Crippen molar-refractivity contribution < 1.29 is 4.79 Å². The van der Waals surface area contributed by atoms with Crippen LogP contribution in [-0.2, 0) is 0 Å². The van der Waals surface area contributed by atoms with E-state index in [1.54, 1.807) is 59.6 Å². The standard InChI is InChI=1S/C21H18N4O3/c26-19-17(23-20(27)18(24-19)13-16-7-1-2-8-22-16)12-14-5-3-6-15(11-14)21(28)25-9-4-10-25/h1-3,5-8,11-13H,4,9-10H2,(H,23,27)(H,24,26)/b17-12-,18-13-. The number of carbonyl (C=O) groups excluding carboxylic acids is 1. The molecule has 0 saturated carbocycles. The van der Waals surface area contributed by atoms with Crippen molar-refractivity contribution in [1.82, 2.24) is 19.9 Å². The van der Waals surface area contributed by atoms with Gasteiger partial charge in [0.15, 0.2) is 0 Å². The number of benzene rings is 1. The number of aromatic amines is 2. The number of amides is 1. The molecule has 0 aliphatic carbocycles. The maximum absolute atomic E-state index is 12.4. The first kappa shape index (κ1) is 17.7. The lowest BCUT2D eigenvalue weighted by molar-refractivity contribution is 0.0652. The van der Waals surface area contributed by atoms with Crippen molar-refractivity contribution in [1.29, 1.82) is 0 Å². The van der Waals surface area contributed by atoms with Gasteiger partial charge in [0.2, 0.25) is 0 Å². The molecule has 0 bridgehead atoms. The molecule has 28 heavy (non-hydrogen) atoms. The van der Waals surface area contributed by atoms with Crippen LogP contribution in [0, 0.1) is 0 Å². The minimum Gasteiger partial charge on any atom is -0.339 e. The summed E-state index contributed by atoms with van der Waals surface area (Å²) in [4.78, 5) is 48.1. The minimum atomic E-state index is -0.429. The molecule has 3 heterocycles. The zero-order valence-corrected chi connectivity index (χ0v) is 15.0. The molecule has 0 radical (unpaired) electrons. The largest absolute Gasteiger partial charge is 0.339 e. The molecule has 2 aromatic heterocycles. The Bertz CT molecular complexity index is 1260. The lowest BCUT2D eigenvalue weighted by Gasteiger charge is -2.30. The van der Waals surface area contributed by atoms with Gasteiger partial charge in [0.1, 0.15) is 10.7 Å². The summed E-state index contributed by atoms with van der Waals surface area (Å²) in [5.41, 5.74) is 0.935. The van der Waals surface area contributed by atoms with Crippen molar-refractivity contribution in [3.8, 4) is 0 Å². The molecule has 1 fully saturated rings. The molecular weight excluding hydrogens is 356 g/mol. The summed E-state index contributed by atoms with van der Waals surface area (Å²) < 4.78 is 0. The van der Waals surface area contributed by atoms with Crippen LogP contribution in [0.25, 0.3) is 12.2 Å². The third-order valence-corrected chi connectivity index (χ3v) is 4.55. The van der Waals surface area contributed by atoms with Crippen molar-refractivity contribution in [2.75, 3.05) is 13.1 Å². The molecule has 0 spiro atoms. The van der Waals surface area contributed by atoms with Gasteiger partial charge in [-0.15, -0.1) is 0 Å². The monoisotopic (exact) mass is 374 g/mol. The number of pyridine rings is 1. The Hall–Kier alpha value is -3.74. The van der Waals surface area contributed by atoms with Crippen LogP contribution < -0.4 is 21.8 Å². The van der Waals surface area contributed by atoms with Gasteiger partial charge in [-0.2, -0.15) is 0 Å². The zero-order chi connectivity index (χ0) is 19.5. The summed E-state index contributed by atoms with van der Waals surface area (Å²) >= 11 is 0. The number of rotatable bonds is 3. The highest BCUT2D eigenvalue weighted by atomic mass is 16.2. The Labute approximate surface area is 159 Å². The van der Waals surface area contributed by atoms with Gasteiger partial charge >= 0.3 is 0 Å². The van der Waals surface area contributed by atoms with Gasteiger partial charge < -0.3 is 14.9 Å². The number of nitrogens with one attached hydrogen (secondary N) is 2. The molecule has 1 aromatic carbocycles. The second-order valence-electron chi connectivity index (χ2n) is 6.55. The number of nitrogens with zero attached hydrogens (tertiary/aromatic N) is 2. The SMILES string of the molecule is O=C(c1cccc(/C=c2\[nH]c(=O)/c(=C/c3ccccn3)[nH]c2=O)c1)N1CCC1. The number of carbonyl (C=O) groups is 1. The smallest absolute Gasteiger partial charge is 0.272 e. The summed E-state index contributed by atoms with van der Waals surface area (Å²) in [6.07, 6.45) is 5.69. The van der Waals surface area contributed by atoms with Gasteiger partial charge in [-0.1, -0.05) is 18.2 Å². The van der Waals surface area contributed by atoms with Crippen LogP contribution in [0.15, 0.2) is 58.3 Å². The van der Waals surface area contributed by atoms with Crippen molar-refractivity contribution in [2.24, 2.45) is 0 Å². The summed E-state index contributed by atoms with van der Waals surface area (Å²) in [6, 6.07) is 12.3. The maximum atomic E-state index is 12.4. The van der Waals surface area contributed by atoms with Gasteiger partial charge in [-0.25, -0.2) is 0 Å². The van der Waals surface area contributed by atoms with Crippen molar-refractivity contribution in [2.45, 2.75) is 6.42 Å². The zero-order valence-electron chi connectivity index (χ0n) is 15.0. The van der Waals surface area contributed by atoms with Crippen LogP contribution in [0.5, 0.6) is 0 Å². The normalized spacial score (nSPS) is 14.8. The minimum absolute atomic E-state index is 0.0239. The Morgan fingerprint density at radius 3 is 2.36 bits per heavy atom. The van der Waals surface area contributed by atoms with E-state index >= 15 is 0 Å². The molecule has 0 atom stereocenters. The second-order valence-corrected chi connectivity index (χ2v) is 6.55. The van der Waals surface area contributed by atoms with Crippen LogP contribution in [-0.4, -0.2) is 38.8 Å². The third-order valence-electron chi connectivity index (χ3n) is 4.55. The van der Waals surface area contributed by atoms with Crippen LogP contribution >= 0.6 is 0 Å². The fourth-order valence-electron chi connectivity index (χ4n) is 2.94. The fourth-order valence-corrected chi connectivity index (χ4v) is 2.94. The number of aromatic nitrogens is 3. The highest BCUT2D eigenvalue weighted by Crippen LogP contribution is 2.14. The lowest BCUT2D eigenvalue weighted by Crippen LogP contribution is -2.46. The van der Waals surface area contributed by atoms with Crippen LogP contribution in [0.4, 0.5) is 0 Å². The molecule has 1 aliphatic heterocycles. The van der Waals surface area contributed by atoms with Gasteiger partial charge in [0, 0.05) is 24.8 Å². The van der Waals surface area contributed by atoms with Crippen LogP contribution in [0.1, 0.15) is 28.0 Å². The summed E-state index contributed by atoms with van der Waals surface area (Å²) in [5, 5.41) is 0.249. The maximum Gasteiger partial charge on any atom is 0.272 e. The second kappa shape index (κ2) is 7.48. The molecule has 7 heteroatoms. The molecule has 140 valence electrons. The Morgan fingerprint density at radius 2 is 1.71 bits per heavy atom. The van der Waals surface area contributed by atoms with E-state index < -0.39 is 11.1 Å². The fraction of sp³-hybridized carbons (Fsp3) is 0.143. The van der Waals surface area contributed by atoms with E-state index in [0.29, 0.717) is 16.8 Å².